The first kappa shape index (κ1) is 30.7. The second-order valence-electron chi connectivity index (χ2n) is 8.52. The van der Waals surface area contributed by atoms with Gasteiger partial charge in [-0.1, -0.05) is 58.1 Å². The van der Waals surface area contributed by atoms with Crippen LogP contribution >= 0.6 is 0 Å². The molecule has 2 aliphatic carbocycles. The molecular weight excluding hydrogens is 491 g/mol. The number of halogens is 3. The van der Waals surface area contributed by atoms with Crippen LogP contribution in [0.3, 0.4) is 0 Å². The Labute approximate surface area is 223 Å². The van der Waals surface area contributed by atoms with Crippen molar-refractivity contribution >= 4 is 0 Å². The van der Waals surface area contributed by atoms with Crippen molar-refractivity contribution in [2.24, 2.45) is 0 Å². The molecule has 3 aliphatic rings. The zero-order chi connectivity index (χ0) is 28.3. The molecule has 0 bridgehead atoms. The number of alkyl halides is 3. The van der Waals surface area contributed by atoms with Crippen LogP contribution in [0.25, 0.3) is 0 Å². The summed E-state index contributed by atoms with van der Waals surface area (Å²) in [4.78, 5) is 4.18. The number of hydrogen-bond donors (Lipinski definition) is 1. The predicted octanol–water partition coefficient (Wildman–Crippen LogP) is 7.91. The number of allylic oxidation sites excluding steroid dienone is 11. The van der Waals surface area contributed by atoms with E-state index in [2.05, 4.69) is 16.4 Å². The Morgan fingerprint density at radius 1 is 1.05 bits per heavy atom. The lowest BCUT2D eigenvalue weighted by molar-refractivity contribution is -0.180. The highest BCUT2D eigenvalue weighted by Crippen LogP contribution is 2.36. The number of pyridine rings is 1. The summed E-state index contributed by atoms with van der Waals surface area (Å²) >= 11 is 0. The van der Waals surface area contributed by atoms with Crippen LogP contribution in [0.5, 0.6) is 5.75 Å². The van der Waals surface area contributed by atoms with Gasteiger partial charge in [-0.2, -0.15) is 18.4 Å². The molecule has 4 rings (SSSR count). The fourth-order valence-electron chi connectivity index (χ4n) is 3.89. The van der Waals surface area contributed by atoms with Gasteiger partial charge in [-0.05, 0) is 35.3 Å². The maximum absolute atomic E-state index is 14.1. The number of nitrogens with zero attached hydrogens (tertiary/aromatic N) is 2. The molecule has 0 radical (unpaired) electrons. The first-order valence-corrected chi connectivity index (χ1v) is 12.9. The van der Waals surface area contributed by atoms with Gasteiger partial charge < -0.3 is 14.8 Å². The topological polar surface area (TPSA) is 67.2 Å². The van der Waals surface area contributed by atoms with E-state index in [1.807, 2.05) is 33.8 Å². The lowest BCUT2D eigenvalue weighted by atomic mass is 10.0. The van der Waals surface area contributed by atoms with Crippen LogP contribution in [0.1, 0.15) is 65.5 Å². The second-order valence-corrected chi connectivity index (χ2v) is 8.52. The molecule has 0 unspecified atom stereocenters. The fraction of sp³-hybridized carbons (Fsp3) is 0.400. The van der Waals surface area contributed by atoms with Crippen molar-refractivity contribution in [3.63, 3.8) is 0 Å². The molecule has 8 heteroatoms. The number of nitrogens with one attached hydrogen (secondary N) is 1. The van der Waals surface area contributed by atoms with Gasteiger partial charge in [0.2, 0.25) is 5.79 Å². The van der Waals surface area contributed by atoms with E-state index in [-0.39, 0.29) is 25.3 Å². The van der Waals surface area contributed by atoms with Crippen LogP contribution in [0.4, 0.5) is 13.2 Å². The zero-order valence-corrected chi connectivity index (χ0v) is 22.9. The molecule has 0 saturated carbocycles. The summed E-state index contributed by atoms with van der Waals surface area (Å²) < 4.78 is 53.7. The molecule has 5 nitrogen and oxygen atoms in total. The summed E-state index contributed by atoms with van der Waals surface area (Å²) in [5.74, 6) is -0.217. The van der Waals surface area contributed by atoms with E-state index in [0.717, 1.165) is 11.6 Å². The van der Waals surface area contributed by atoms with E-state index < -0.39 is 17.5 Å². The van der Waals surface area contributed by atoms with Crippen LogP contribution in [0, 0.1) is 11.3 Å². The third-order valence-corrected chi connectivity index (χ3v) is 5.65. The minimum Gasteiger partial charge on any atom is -0.461 e. The molecule has 1 aromatic rings. The number of hydrogen-bond acceptors (Lipinski definition) is 5. The Morgan fingerprint density at radius 2 is 1.79 bits per heavy atom. The lowest BCUT2D eigenvalue weighted by Crippen LogP contribution is -2.36. The molecule has 0 aromatic carbocycles. The van der Waals surface area contributed by atoms with Crippen molar-refractivity contribution in [2.45, 2.75) is 79.5 Å². The average molecular weight is 528 g/mol. The third kappa shape index (κ3) is 7.96. The van der Waals surface area contributed by atoms with Gasteiger partial charge in [-0.25, -0.2) is 0 Å². The summed E-state index contributed by atoms with van der Waals surface area (Å²) in [5, 5.41) is 12.1. The fourth-order valence-corrected chi connectivity index (χ4v) is 3.89. The molecule has 0 spiro atoms. The molecule has 0 amide bonds. The van der Waals surface area contributed by atoms with Crippen LogP contribution in [-0.4, -0.2) is 16.9 Å². The molecule has 2 heterocycles. The average Bonchev–Trinajstić information content (AvgIpc) is 3.27. The third-order valence-electron chi connectivity index (χ3n) is 5.65. The van der Waals surface area contributed by atoms with E-state index in [1.54, 1.807) is 56.6 Å². The Morgan fingerprint density at radius 3 is 2.47 bits per heavy atom. The lowest BCUT2D eigenvalue weighted by Gasteiger charge is -2.33. The molecule has 1 N–H and O–H groups in total. The number of nitriles is 1. The number of rotatable bonds is 4. The van der Waals surface area contributed by atoms with Crippen LogP contribution in [-0.2, 0) is 17.9 Å². The normalized spacial score (nSPS) is 17.8. The molecule has 1 aromatic heterocycles. The maximum Gasteiger partial charge on any atom is 0.418 e. The van der Waals surface area contributed by atoms with Crippen molar-refractivity contribution < 1.29 is 22.6 Å². The SMILES string of the molecule is CC.CC.CC1(C)OCc2c(CNC3=C(C(F)(F)F)C=C(C4=CCC=C(C#N)C=C4)C=CC3)cncc2O1. The highest BCUT2D eigenvalue weighted by molar-refractivity contribution is 5.55. The molecule has 0 saturated heterocycles. The second kappa shape index (κ2) is 13.8. The van der Waals surface area contributed by atoms with Gasteiger partial charge in [-0.3, -0.25) is 4.98 Å². The number of aromatic nitrogens is 1. The molecule has 204 valence electrons. The van der Waals surface area contributed by atoms with E-state index in [4.69, 9.17) is 14.7 Å². The van der Waals surface area contributed by atoms with E-state index in [1.165, 1.54) is 0 Å². The Hall–Kier alpha value is -3.57. The highest BCUT2D eigenvalue weighted by atomic mass is 19.4. The largest absolute Gasteiger partial charge is 0.461 e. The number of ether oxygens (including phenoxy) is 2. The first-order chi connectivity index (χ1) is 18.2. The zero-order valence-electron chi connectivity index (χ0n) is 22.9. The minimum absolute atomic E-state index is 0.0726. The van der Waals surface area contributed by atoms with Crippen molar-refractivity contribution in [2.75, 3.05) is 0 Å². The monoisotopic (exact) mass is 527 g/mol. The van der Waals surface area contributed by atoms with Crippen LogP contribution in [0.15, 0.2) is 82.9 Å². The van der Waals surface area contributed by atoms with Crippen molar-refractivity contribution in [1.82, 2.24) is 10.3 Å². The smallest absolute Gasteiger partial charge is 0.418 e. The summed E-state index contributed by atoms with van der Waals surface area (Å²) in [6, 6.07) is 2.06. The van der Waals surface area contributed by atoms with Crippen LogP contribution < -0.4 is 10.1 Å². The predicted molar refractivity (Wildman–Crippen MR) is 144 cm³/mol. The minimum atomic E-state index is -4.55. The van der Waals surface area contributed by atoms with Gasteiger partial charge in [0.05, 0.1) is 24.4 Å². The molecule has 38 heavy (non-hydrogen) atoms. The van der Waals surface area contributed by atoms with Gasteiger partial charge in [0.15, 0.2) is 0 Å². The highest BCUT2D eigenvalue weighted by Gasteiger charge is 2.36. The summed E-state index contributed by atoms with van der Waals surface area (Å²) in [6.07, 6.45) is 10.6. The maximum atomic E-state index is 14.1. The van der Waals surface area contributed by atoms with Crippen LogP contribution in [0.2, 0.25) is 0 Å². The molecular formula is C30H36F3N3O2. The van der Waals surface area contributed by atoms with Gasteiger partial charge in [0, 0.05) is 49.8 Å². The van der Waals surface area contributed by atoms with Gasteiger partial charge in [0.25, 0.3) is 0 Å². The van der Waals surface area contributed by atoms with E-state index >= 15 is 0 Å². The van der Waals surface area contributed by atoms with E-state index in [9.17, 15) is 13.2 Å². The molecule has 1 aliphatic heterocycles. The van der Waals surface area contributed by atoms with Crippen molar-refractivity contribution in [3.8, 4) is 11.8 Å². The Kier molecular flexibility index (Phi) is 11.2. The molecule has 0 fully saturated rings. The standard InChI is InChI=1S/C26H24F3N3O2.2C2H6/c1-25(2)33-16-21-20(13-31-15-24(21)34-25)14-32-23-8-4-7-19(11-22(23)26(27,28)29)18-6-3-5-17(12-30)9-10-18;2*1-2/h4-7,9-11,13,15,32H,3,8,14,16H2,1-2H3;2*1-2H3. The van der Waals surface area contributed by atoms with Crippen molar-refractivity contribution in [1.29, 1.82) is 5.26 Å². The summed E-state index contributed by atoms with van der Waals surface area (Å²) in [5.41, 5.74) is 2.38. The Bertz CT molecular complexity index is 1210. The van der Waals surface area contributed by atoms with Crippen molar-refractivity contribution in [3.05, 3.63) is 94.0 Å². The van der Waals surface area contributed by atoms with Gasteiger partial charge in [-0.15, -0.1) is 0 Å². The van der Waals surface area contributed by atoms with Gasteiger partial charge >= 0.3 is 6.18 Å². The summed E-state index contributed by atoms with van der Waals surface area (Å²) in [6.45, 7) is 12.0. The first-order valence-electron chi connectivity index (χ1n) is 12.9. The quantitative estimate of drug-likeness (QED) is 0.431. The summed E-state index contributed by atoms with van der Waals surface area (Å²) in [7, 11) is 0. The van der Waals surface area contributed by atoms with Gasteiger partial charge in [0.1, 0.15) is 5.75 Å². The molecule has 0 atom stereocenters. The van der Waals surface area contributed by atoms with E-state index in [0.29, 0.717) is 34.5 Å². The Balaban J connectivity index is 0.00000121. The number of fused-ring (bicyclic) bond motifs is 1.